The van der Waals surface area contributed by atoms with Gasteiger partial charge >= 0.3 is 0 Å². The van der Waals surface area contributed by atoms with Crippen LogP contribution in [0.5, 0.6) is 0 Å². The van der Waals surface area contributed by atoms with E-state index in [9.17, 15) is 0 Å². The average molecular weight is 217 g/mol. The van der Waals surface area contributed by atoms with Crippen molar-refractivity contribution in [3.05, 3.63) is 0 Å². The van der Waals surface area contributed by atoms with Crippen LogP contribution in [-0.4, -0.2) is 23.4 Å². The zero-order valence-corrected chi connectivity index (χ0v) is 11.0. The summed E-state index contributed by atoms with van der Waals surface area (Å²) in [6.07, 6.45) is 7.65. The molecule has 14 heavy (non-hydrogen) atoms. The highest BCUT2D eigenvalue weighted by atomic mass is 32.1. The first-order valence-electron chi connectivity index (χ1n) is 6.18. The Kier molecular flexibility index (Phi) is 10.1. The molecule has 0 heterocycles. The molecule has 1 atom stereocenters. The molecule has 0 aliphatic carbocycles. The number of hydrogen-bond donors (Lipinski definition) is 1. The molecule has 0 aliphatic rings. The maximum Gasteiger partial charge on any atom is 0.0527 e. The molecule has 0 aliphatic heterocycles. The molecular weight excluding hydrogens is 190 g/mol. The van der Waals surface area contributed by atoms with E-state index >= 15 is 0 Å². The molecule has 86 valence electrons. The minimum atomic E-state index is 0.484. The lowest BCUT2D eigenvalue weighted by Gasteiger charge is -2.28. The molecule has 0 radical (unpaired) electrons. The third-order valence-corrected chi connectivity index (χ3v) is 3.15. The highest BCUT2D eigenvalue weighted by Gasteiger charge is 2.11. The van der Waals surface area contributed by atoms with Crippen LogP contribution in [0.25, 0.3) is 0 Å². The van der Waals surface area contributed by atoms with Gasteiger partial charge in [0.2, 0.25) is 0 Å². The van der Waals surface area contributed by atoms with Crippen LogP contribution in [-0.2, 0) is 0 Å². The Morgan fingerprint density at radius 3 is 1.79 bits per heavy atom. The van der Waals surface area contributed by atoms with Crippen LogP contribution < -0.4 is 0 Å². The summed E-state index contributed by atoms with van der Waals surface area (Å²) in [5, 5.41) is 0.484. The highest BCUT2D eigenvalue weighted by Crippen LogP contribution is 2.13. The van der Waals surface area contributed by atoms with Crippen molar-refractivity contribution in [1.29, 1.82) is 0 Å². The van der Waals surface area contributed by atoms with Crippen LogP contribution in [0.4, 0.5) is 0 Å². The van der Waals surface area contributed by atoms with Gasteiger partial charge in [0.1, 0.15) is 0 Å². The van der Waals surface area contributed by atoms with Crippen LogP contribution in [0.2, 0.25) is 0 Å². The SMILES string of the molecule is CCCCN(CCCC)C(S)CCC. The van der Waals surface area contributed by atoms with Crippen LogP contribution in [0, 0.1) is 0 Å². The first-order chi connectivity index (χ1) is 6.76. The molecule has 1 nitrogen and oxygen atoms in total. The molecule has 0 aromatic rings. The molecule has 0 bridgehead atoms. The van der Waals surface area contributed by atoms with E-state index in [0.29, 0.717) is 5.37 Å². The van der Waals surface area contributed by atoms with Crippen molar-refractivity contribution in [3.8, 4) is 0 Å². The molecule has 1 unspecified atom stereocenters. The molecule has 0 aromatic carbocycles. The lowest BCUT2D eigenvalue weighted by atomic mass is 10.2. The quantitative estimate of drug-likeness (QED) is 0.452. The van der Waals surface area contributed by atoms with E-state index in [1.165, 1.54) is 51.6 Å². The Bertz CT molecular complexity index is 109. The fourth-order valence-corrected chi connectivity index (χ4v) is 2.06. The Labute approximate surface area is 95.7 Å². The van der Waals surface area contributed by atoms with Gasteiger partial charge in [0.25, 0.3) is 0 Å². The third-order valence-electron chi connectivity index (χ3n) is 2.57. The van der Waals surface area contributed by atoms with Gasteiger partial charge in [-0.1, -0.05) is 40.0 Å². The summed E-state index contributed by atoms with van der Waals surface area (Å²) in [4.78, 5) is 2.54. The zero-order valence-electron chi connectivity index (χ0n) is 10.1. The molecule has 0 saturated carbocycles. The first kappa shape index (κ1) is 14.3. The maximum absolute atomic E-state index is 4.68. The summed E-state index contributed by atoms with van der Waals surface area (Å²) >= 11 is 4.68. The average Bonchev–Trinajstić information content (AvgIpc) is 2.18. The molecule has 0 amide bonds. The van der Waals surface area contributed by atoms with E-state index in [1.54, 1.807) is 0 Å². The number of hydrogen-bond acceptors (Lipinski definition) is 2. The van der Waals surface area contributed by atoms with E-state index in [4.69, 9.17) is 0 Å². The topological polar surface area (TPSA) is 3.24 Å². The number of rotatable bonds is 9. The largest absolute Gasteiger partial charge is 0.292 e. The summed E-state index contributed by atoms with van der Waals surface area (Å²) in [6.45, 7) is 9.20. The van der Waals surface area contributed by atoms with Crippen molar-refractivity contribution >= 4 is 12.6 Å². The molecular formula is C12H27NS. The smallest absolute Gasteiger partial charge is 0.0527 e. The predicted molar refractivity (Wildman–Crippen MR) is 69.1 cm³/mol. The molecule has 0 rings (SSSR count). The van der Waals surface area contributed by atoms with Crippen molar-refractivity contribution in [2.75, 3.05) is 13.1 Å². The summed E-state index contributed by atoms with van der Waals surface area (Å²) in [5.74, 6) is 0. The van der Waals surface area contributed by atoms with E-state index in [-0.39, 0.29) is 0 Å². The fraction of sp³-hybridized carbons (Fsp3) is 1.00. The van der Waals surface area contributed by atoms with Gasteiger partial charge in [0.05, 0.1) is 5.37 Å². The van der Waals surface area contributed by atoms with Gasteiger partial charge in [-0.3, -0.25) is 4.90 Å². The monoisotopic (exact) mass is 217 g/mol. The fourth-order valence-electron chi connectivity index (χ4n) is 1.57. The van der Waals surface area contributed by atoms with Gasteiger partial charge < -0.3 is 0 Å². The molecule has 0 saturated heterocycles. The third kappa shape index (κ3) is 6.72. The summed E-state index contributed by atoms with van der Waals surface area (Å²) < 4.78 is 0. The molecule has 2 heteroatoms. The normalized spacial score (nSPS) is 13.5. The molecule has 0 N–H and O–H groups in total. The van der Waals surface area contributed by atoms with Crippen LogP contribution in [0.3, 0.4) is 0 Å². The van der Waals surface area contributed by atoms with E-state index < -0.39 is 0 Å². The summed E-state index contributed by atoms with van der Waals surface area (Å²) in [5.41, 5.74) is 0. The highest BCUT2D eigenvalue weighted by molar-refractivity contribution is 7.80. The molecule has 0 spiro atoms. The van der Waals surface area contributed by atoms with Gasteiger partial charge in [-0.25, -0.2) is 0 Å². The van der Waals surface area contributed by atoms with Crippen molar-refractivity contribution in [1.82, 2.24) is 4.90 Å². The molecule has 0 fully saturated rings. The van der Waals surface area contributed by atoms with Gasteiger partial charge in [-0.05, 0) is 32.4 Å². The zero-order chi connectivity index (χ0) is 10.8. The van der Waals surface area contributed by atoms with E-state index in [1.807, 2.05) is 0 Å². The van der Waals surface area contributed by atoms with E-state index in [0.717, 1.165) is 0 Å². The Morgan fingerprint density at radius 2 is 1.43 bits per heavy atom. The first-order valence-corrected chi connectivity index (χ1v) is 6.69. The number of unbranched alkanes of at least 4 members (excludes halogenated alkanes) is 2. The lowest BCUT2D eigenvalue weighted by molar-refractivity contribution is 0.240. The molecule has 0 aromatic heterocycles. The van der Waals surface area contributed by atoms with E-state index in [2.05, 4.69) is 38.3 Å². The van der Waals surface area contributed by atoms with Gasteiger partial charge in [-0.2, -0.15) is 12.6 Å². The maximum atomic E-state index is 4.68. The van der Waals surface area contributed by atoms with Crippen molar-refractivity contribution in [2.24, 2.45) is 0 Å². The Balaban J connectivity index is 3.81. The standard InChI is InChI=1S/C12H27NS/c1-4-7-10-13(11-8-5-2)12(14)9-6-3/h12,14H,4-11H2,1-3H3. The van der Waals surface area contributed by atoms with Gasteiger partial charge in [0, 0.05) is 0 Å². The number of nitrogens with zero attached hydrogens (tertiary/aromatic N) is 1. The van der Waals surface area contributed by atoms with Crippen molar-refractivity contribution < 1.29 is 0 Å². The second-order valence-electron chi connectivity index (χ2n) is 4.01. The second-order valence-corrected chi connectivity index (χ2v) is 4.61. The minimum absolute atomic E-state index is 0.484. The Hall–Kier alpha value is 0.310. The van der Waals surface area contributed by atoms with Crippen LogP contribution in [0.1, 0.15) is 59.3 Å². The van der Waals surface area contributed by atoms with Crippen LogP contribution >= 0.6 is 12.6 Å². The van der Waals surface area contributed by atoms with Gasteiger partial charge in [-0.15, -0.1) is 0 Å². The van der Waals surface area contributed by atoms with Crippen molar-refractivity contribution in [2.45, 2.75) is 64.7 Å². The summed E-state index contributed by atoms with van der Waals surface area (Å²) in [6, 6.07) is 0. The minimum Gasteiger partial charge on any atom is -0.292 e. The van der Waals surface area contributed by atoms with Crippen molar-refractivity contribution in [3.63, 3.8) is 0 Å². The number of thiol groups is 1. The van der Waals surface area contributed by atoms with Crippen LogP contribution in [0.15, 0.2) is 0 Å². The van der Waals surface area contributed by atoms with Gasteiger partial charge in [0.15, 0.2) is 0 Å². The summed E-state index contributed by atoms with van der Waals surface area (Å²) in [7, 11) is 0. The Morgan fingerprint density at radius 1 is 0.929 bits per heavy atom. The lowest BCUT2D eigenvalue weighted by Crippen LogP contribution is -2.33. The predicted octanol–water partition coefficient (Wildman–Crippen LogP) is 3.94. The second kappa shape index (κ2) is 9.85.